The molecule has 1 heterocycles. The van der Waals surface area contributed by atoms with E-state index >= 15 is 0 Å². The molecule has 4 nitrogen and oxygen atoms in total. The topological polar surface area (TPSA) is 52.3 Å². The molecule has 0 atom stereocenters. The lowest BCUT2D eigenvalue weighted by atomic mass is 10.3. The number of rotatable bonds is 2. The maximum absolute atomic E-state index is 10.9. The van der Waals surface area contributed by atoms with E-state index in [-0.39, 0.29) is 12.0 Å². The van der Waals surface area contributed by atoms with E-state index in [1.54, 1.807) is 19.1 Å². The van der Waals surface area contributed by atoms with Crippen LogP contribution in [0.4, 0.5) is 0 Å². The maximum Gasteiger partial charge on any atom is 0.402 e. The minimum absolute atomic E-state index is 0.0121. The Balaban J connectivity index is 2.31. The van der Waals surface area contributed by atoms with Crippen molar-refractivity contribution in [1.29, 1.82) is 0 Å². The van der Waals surface area contributed by atoms with Gasteiger partial charge in [0.1, 0.15) is 5.52 Å². The summed E-state index contributed by atoms with van der Waals surface area (Å²) in [6.45, 7) is 1.71. The van der Waals surface area contributed by atoms with Crippen LogP contribution in [-0.2, 0) is 4.79 Å². The van der Waals surface area contributed by atoms with Crippen molar-refractivity contribution in [2.75, 3.05) is 0 Å². The quantitative estimate of drug-likeness (QED) is 0.682. The number of ether oxygens (including phenoxy) is 1. The fourth-order valence-electron chi connectivity index (χ4n) is 1.06. The first-order valence-electron chi connectivity index (χ1n) is 4.36. The number of carbonyl (C=O) groups excluding carboxylic acids is 1. The molecule has 0 unspecified atom stereocenters. The van der Waals surface area contributed by atoms with Gasteiger partial charge in [0, 0.05) is 6.42 Å². The van der Waals surface area contributed by atoms with Crippen LogP contribution in [0.2, 0.25) is 0 Å². The van der Waals surface area contributed by atoms with Crippen molar-refractivity contribution in [1.82, 2.24) is 4.98 Å². The lowest BCUT2D eigenvalue weighted by Crippen LogP contribution is -2.05. The summed E-state index contributed by atoms with van der Waals surface area (Å²) in [6.07, 6.45) is 0.316. The summed E-state index contributed by atoms with van der Waals surface area (Å²) in [5, 5.41) is 0. The van der Waals surface area contributed by atoms with Gasteiger partial charge in [-0.05, 0) is 12.1 Å². The predicted octanol–water partition coefficient (Wildman–Crippen LogP) is 2.14. The molecule has 2 rings (SSSR count). The molecule has 0 saturated heterocycles. The van der Waals surface area contributed by atoms with E-state index in [2.05, 4.69) is 4.98 Å². The highest BCUT2D eigenvalue weighted by Gasteiger charge is 2.09. The SMILES string of the molecule is CCC(=O)Oc1nc2ccccc2o1. The molecule has 0 saturated carbocycles. The summed E-state index contributed by atoms with van der Waals surface area (Å²) in [7, 11) is 0. The second-order valence-corrected chi connectivity index (χ2v) is 2.78. The molecule has 0 N–H and O–H groups in total. The normalized spacial score (nSPS) is 10.4. The first kappa shape index (κ1) is 8.74. The number of esters is 1. The summed E-state index contributed by atoms with van der Waals surface area (Å²) in [6, 6.07) is 7.24. The molecule has 1 aromatic heterocycles. The molecule has 0 radical (unpaired) electrons. The van der Waals surface area contributed by atoms with Gasteiger partial charge in [-0.3, -0.25) is 4.79 Å². The summed E-state index contributed by atoms with van der Waals surface area (Å²) < 4.78 is 10.0. The second-order valence-electron chi connectivity index (χ2n) is 2.78. The van der Waals surface area contributed by atoms with Crippen LogP contribution in [0, 0.1) is 0 Å². The van der Waals surface area contributed by atoms with Crippen molar-refractivity contribution in [2.45, 2.75) is 13.3 Å². The summed E-state index contributed by atoms with van der Waals surface area (Å²) in [4.78, 5) is 14.9. The fraction of sp³-hybridized carbons (Fsp3) is 0.200. The first-order valence-corrected chi connectivity index (χ1v) is 4.36. The van der Waals surface area contributed by atoms with Gasteiger partial charge >= 0.3 is 12.0 Å². The van der Waals surface area contributed by atoms with Crippen LogP contribution < -0.4 is 4.74 Å². The Bertz CT molecular complexity index is 428. The van der Waals surface area contributed by atoms with E-state index in [0.717, 1.165) is 0 Å². The summed E-state index contributed by atoms with van der Waals surface area (Å²) in [5.41, 5.74) is 1.30. The number of fused-ring (bicyclic) bond motifs is 1. The van der Waals surface area contributed by atoms with Gasteiger partial charge in [-0.1, -0.05) is 19.1 Å². The fourth-order valence-corrected chi connectivity index (χ4v) is 1.06. The van der Waals surface area contributed by atoms with E-state index in [1.165, 1.54) is 0 Å². The number of hydrogen-bond acceptors (Lipinski definition) is 4. The molecule has 0 amide bonds. The molecular weight excluding hydrogens is 182 g/mol. The summed E-state index contributed by atoms with van der Waals surface area (Å²) >= 11 is 0. The standard InChI is InChI=1S/C10H9NO3/c1-2-9(12)14-10-11-7-5-3-4-6-8(7)13-10/h3-6H,2H2,1H3. The molecule has 4 heteroatoms. The van der Waals surface area contributed by atoms with Crippen LogP contribution in [0.1, 0.15) is 13.3 Å². The number of para-hydroxylation sites is 2. The zero-order valence-electron chi connectivity index (χ0n) is 7.69. The Morgan fingerprint density at radius 1 is 1.50 bits per heavy atom. The molecule has 1 aromatic carbocycles. The van der Waals surface area contributed by atoms with Gasteiger partial charge in [0.25, 0.3) is 0 Å². The predicted molar refractivity (Wildman–Crippen MR) is 49.9 cm³/mol. The van der Waals surface area contributed by atoms with Crippen molar-refractivity contribution in [3.8, 4) is 6.08 Å². The van der Waals surface area contributed by atoms with Gasteiger partial charge in [-0.25, -0.2) is 0 Å². The number of oxazole rings is 1. The third-order valence-corrected chi connectivity index (χ3v) is 1.76. The zero-order valence-corrected chi connectivity index (χ0v) is 7.69. The van der Waals surface area contributed by atoms with Gasteiger partial charge in [-0.15, -0.1) is 0 Å². The highest BCUT2D eigenvalue weighted by molar-refractivity contribution is 5.75. The average Bonchev–Trinajstić information content (AvgIpc) is 2.59. The van der Waals surface area contributed by atoms with Crippen LogP contribution in [0.3, 0.4) is 0 Å². The Labute approximate surface area is 80.5 Å². The number of nitrogens with zero attached hydrogens (tertiary/aromatic N) is 1. The number of benzene rings is 1. The molecule has 0 bridgehead atoms. The van der Waals surface area contributed by atoms with Gasteiger partial charge in [0.2, 0.25) is 0 Å². The number of carbonyl (C=O) groups is 1. The average molecular weight is 191 g/mol. The lowest BCUT2D eigenvalue weighted by Gasteiger charge is -1.93. The van der Waals surface area contributed by atoms with Crippen LogP contribution in [0.15, 0.2) is 28.7 Å². The summed E-state index contributed by atoms with van der Waals surface area (Å²) in [5.74, 6) is -0.350. The molecule has 2 aromatic rings. The van der Waals surface area contributed by atoms with Gasteiger partial charge in [0.15, 0.2) is 5.58 Å². The molecule has 0 aliphatic rings. The Morgan fingerprint density at radius 3 is 3.00 bits per heavy atom. The van der Waals surface area contributed by atoms with Gasteiger partial charge in [-0.2, -0.15) is 4.98 Å². The van der Waals surface area contributed by atoms with E-state index in [9.17, 15) is 4.79 Å². The van der Waals surface area contributed by atoms with E-state index in [1.807, 2.05) is 12.1 Å². The van der Waals surface area contributed by atoms with Crippen LogP contribution >= 0.6 is 0 Å². The molecule has 72 valence electrons. The minimum Gasteiger partial charge on any atom is -0.409 e. The van der Waals surface area contributed by atoms with Crippen molar-refractivity contribution >= 4 is 17.1 Å². The molecule has 0 aliphatic carbocycles. The first-order chi connectivity index (χ1) is 6.79. The van der Waals surface area contributed by atoms with Crippen molar-refractivity contribution in [3.63, 3.8) is 0 Å². The van der Waals surface area contributed by atoms with Gasteiger partial charge < -0.3 is 9.15 Å². The van der Waals surface area contributed by atoms with Crippen molar-refractivity contribution < 1.29 is 13.9 Å². The molecule has 0 fully saturated rings. The lowest BCUT2D eigenvalue weighted by molar-refractivity contribution is -0.135. The van der Waals surface area contributed by atoms with E-state index < -0.39 is 0 Å². The van der Waals surface area contributed by atoms with Crippen LogP contribution in [-0.4, -0.2) is 11.0 Å². The van der Waals surface area contributed by atoms with Crippen LogP contribution in [0.5, 0.6) is 6.08 Å². The second kappa shape index (κ2) is 3.49. The molecule has 14 heavy (non-hydrogen) atoms. The van der Waals surface area contributed by atoms with Crippen molar-refractivity contribution in [3.05, 3.63) is 24.3 Å². The third kappa shape index (κ3) is 1.59. The van der Waals surface area contributed by atoms with Crippen molar-refractivity contribution in [2.24, 2.45) is 0 Å². The molecule has 0 spiro atoms. The molecular formula is C10H9NO3. The number of hydrogen-bond donors (Lipinski definition) is 0. The Morgan fingerprint density at radius 2 is 2.29 bits per heavy atom. The Kier molecular flexibility index (Phi) is 2.18. The Hall–Kier alpha value is -1.84. The molecule has 0 aliphatic heterocycles. The van der Waals surface area contributed by atoms with Gasteiger partial charge in [0.05, 0.1) is 0 Å². The smallest absolute Gasteiger partial charge is 0.402 e. The minimum atomic E-state index is -0.350. The number of aromatic nitrogens is 1. The van der Waals surface area contributed by atoms with E-state index in [0.29, 0.717) is 17.5 Å². The van der Waals surface area contributed by atoms with Crippen LogP contribution in [0.25, 0.3) is 11.1 Å². The maximum atomic E-state index is 10.9. The highest BCUT2D eigenvalue weighted by atomic mass is 16.6. The largest absolute Gasteiger partial charge is 0.409 e. The highest BCUT2D eigenvalue weighted by Crippen LogP contribution is 2.19. The third-order valence-electron chi connectivity index (χ3n) is 1.76. The monoisotopic (exact) mass is 191 g/mol. The zero-order chi connectivity index (χ0) is 9.97. The van der Waals surface area contributed by atoms with E-state index in [4.69, 9.17) is 9.15 Å².